The molecule has 18 heavy (non-hydrogen) atoms. The molecule has 5 heteroatoms. The summed E-state index contributed by atoms with van der Waals surface area (Å²) >= 11 is 0. The number of aromatic nitrogens is 2. The Labute approximate surface area is 105 Å². The van der Waals surface area contributed by atoms with E-state index in [1.807, 2.05) is 17.6 Å². The maximum Gasteiger partial charge on any atom is 0.354 e. The van der Waals surface area contributed by atoms with E-state index in [2.05, 4.69) is 4.98 Å². The predicted molar refractivity (Wildman–Crippen MR) is 67.9 cm³/mol. The van der Waals surface area contributed by atoms with Crippen LogP contribution < -0.4 is 4.74 Å². The third kappa shape index (κ3) is 2.03. The van der Waals surface area contributed by atoms with Crippen molar-refractivity contribution in [1.29, 1.82) is 0 Å². The van der Waals surface area contributed by atoms with Gasteiger partial charge in [0.15, 0.2) is 0 Å². The van der Waals surface area contributed by atoms with Gasteiger partial charge in [-0.1, -0.05) is 0 Å². The monoisotopic (exact) mass is 248 g/mol. The maximum atomic E-state index is 11.9. The number of rotatable bonds is 4. The van der Waals surface area contributed by atoms with Crippen LogP contribution in [0.2, 0.25) is 0 Å². The van der Waals surface area contributed by atoms with E-state index in [0.717, 1.165) is 10.9 Å². The minimum atomic E-state index is -0.311. The van der Waals surface area contributed by atoms with Gasteiger partial charge in [-0.05, 0) is 19.9 Å². The molecule has 0 aliphatic heterocycles. The second-order valence-electron chi connectivity index (χ2n) is 3.78. The molecule has 0 N–H and O–H groups in total. The number of aryl methyl sites for hydroxylation is 1. The molecule has 2 aromatic heterocycles. The molecule has 0 aliphatic carbocycles. The highest BCUT2D eigenvalue weighted by Gasteiger charge is 2.16. The molecule has 0 aromatic carbocycles. The first kappa shape index (κ1) is 12.4. The van der Waals surface area contributed by atoms with E-state index in [0.29, 0.717) is 24.7 Å². The van der Waals surface area contributed by atoms with Crippen molar-refractivity contribution in [2.45, 2.75) is 20.4 Å². The first-order valence-corrected chi connectivity index (χ1v) is 5.91. The van der Waals surface area contributed by atoms with E-state index in [1.165, 1.54) is 0 Å². The highest BCUT2D eigenvalue weighted by molar-refractivity contribution is 5.95. The quantitative estimate of drug-likeness (QED) is 0.779. The van der Waals surface area contributed by atoms with Crippen molar-refractivity contribution >= 4 is 16.9 Å². The van der Waals surface area contributed by atoms with E-state index in [4.69, 9.17) is 9.47 Å². The van der Waals surface area contributed by atoms with E-state index < -0.39 is 0 Å². The molecule has 0 unspecified atom stereocenters. The normalized spacial score (nSPS) is 10.6. The van der Waals surface area contributed by atoms with Gasteiger partial charge in [-0.15, -0.1) is 0 Å². The molecule has 5 nitrogen and oxygen atoms in total. The number of methoxy groups -OCH3 is 1. The van der Waals surface area contributed by atoms with Gasteiger partial charge in [0.25, 0.3) is 0 Å². The van der Waals surface area contributed by atoms with Crippen LogP contribution in [0.5, 0.6) is 5.88 Å². The van der Waals surface area contributed by atoms with Crippen molar-refractivity contribution in [3.63, 3.8) is 0 Å². The average molecular weight is 248 g/mol. The molecule has 2 aromatic rings. The number of nitrogens with zero attached hydrogens (tertiary/aromatic N) is 2. The molecule has 2 rings (SSSR count). The fourth-order valence-corrected chi connectivity index (χ4v) is 1.97. The highest BCUT2D eigenvalue weighted by Crippen LogP contribution is 2.23. The summed E-state index contributed by atoms with van der Waals surface area (Å²) < 4.78 is 12.0. The number of hydrogen-bond donors (Lipinski definition) is 0. The van der Waals surface area contributed by atoms with Crippen molar-refractivity contribution < 1.29 is 14.3 Å². The van der Waals surface area contributed by atoms with Crippen LogP contribution >= 0.6 is 0 Å². The van der Waals surface area contributed by atoms with Crippen LogP contribution in [-0.4, -0.2) is 29.2 Å². The summed E-state index contributed by atoms with van der Waals surface area (Å²) in [5, 5.41) is 0.923. The molecule has 0 amide bonds. The standard InChI is InChI=1S/C13H16N2O3/c1-4-15-10(13(16)18-5-2)6-9-7-12(17-3)14-8-11(9)15/h6-8H,4-5H2,1-3H3. The zero-order chi connectivity index (χ0) is 13.1. The van der Waals surface area contributed by atoms with Crippen molar-refractivity contribution in [1.82, 2.24) is 9.55 Å². The van der Waals surface area contributed by atoms with E-state index in [1.54, 1.807) is 26.3 Å². The smallest absolute Gasteiger partial charge is 0.354 e. The van der Waals surface area contributed by atoms with Gasteiger partial charge in [-0.2, -0.15) is 0 Å². The van der Waals surface area contributed by atoms with Gasteiger partial charge in [-0.25, -0.2) is 9.78 Å². The minimum absolute atomic E-state index is 0.311. The van der Waals surface area contributed by atoms with Gasteiger partial charge < -0.3 is 14.0 Å². The number of hydrogen-bond acceptors (Lipinski definition) is 4. The molecule has 0 bridgehead atoms. The Morgan fingerprint density at radius 1 is 1.39 bits per heavy atom. The summed E-state index contributed by atoms with van der Waals surface area (Å²) in [6, 6.07) is 3.62. The number of pyridine rings is 1. The number of fused-ring (bicyclic) bond motifs is 1. The van der Waals surface area contributed by atoms with Crippen LogP contribution in [0.15, 0.2) is 18.3 Å². The number of carbonyl (C=O) groups excluding carboxylic acids is 1. The van der Waals surface area contributed by atoms with Gasteiger partial charge in [0.2, 0.25) is 5.88 Å². The number of esters is 1. The molecule has 0 saturated heterocycles. The zero-order valence-corrected chi connectivity index (χ0v) is 10.8. The van der Waals surface area contributed by atoms with E-state index in [9.17, 15) is 4.79 Å². The second kappa shape index (κ2) is 5.08. The van der Waals surface area contributed by atoms with Gasteiger partial charge in [0, 0.05) is 18.0 Å². The highest BCUT2D eigenvalue weighted by atomic mass is 16.5. The molecular formula is C13H16N2O3. The van der Waals surface area contributed by atoms with Gasteiger partial charge >= 0.3 is 5.97 Å². The lowest BCUT2D eigenvalue weighted by Gasteiger charge is -2.06. The number of ether oxygens (including phenoxy) is 2. The Hall–Kier alpha value is -2.04. The lowest BCUT2D eigenvalue weighted by molar-refractivity contribution is 0.0514. The van der Waals surface area contributed by atoms with Crippen LogP contribution in [0.1, 0.15) is 24.3 Å². The summed E-state index contributed by atoms with van der Waals surface area (Å²) in [6.45, 7) is 4.82. The third-order valence-electron chi connectivity index (χ3n) is 2.77. The largest absolute Gasteiger partial charge is 0.481 e. The van der Waals surface area contributed by atoms with Crippen molar-refractivity contribution in [2.24, 2.45) is 0 Å². The Balaban J connectivity index is 2.56. The molecule has 96 valence electrons. The SMILES string of the molecule is CCOC(=O)c1cc2cc(OC)ncc2n1CC. The predicted octanol–water partition coefficient (Wildman–Crippen LogP) is 2.24. The summed E-state index contributed by atoms with van der Waals surface area (Å²) in [6.07, 6.45) is 1.71. The van der Waals surface area contributed by atoms with Crippen LogP contribution in [0, 0.1) is 0 Å². The second-order valence-corrected chi connectivity index (χ2v) is 3.78. The summed E-state index contributed by atoms with van der Waals surface area (Å²) in [5.74, 6) is 0.223. The molecule has 2 heterocycles. The van der Waals surface area contributed by atoms with E-state index in [-0.39, 0.29) is 5.97 Å². The molecular weight excluding hydrogens is 232 g/mol. The zero-order valence-electron chi connectivity index (χ0n) is 10.8. The first-order valence-electron chi connectivity index (χ1n) is 5.91. The fourth-order valence-electron chi connectivity index (χ4n) is 1.97. The van der Waals surface area contributed by atoms with Crippen LogP contribution in [0.4, 0.5) is 0 Å². The molecule has 0 spiro atoms. The maximum absolute atomic E-state index is 11.9. The topological polar surface area (TPSA) is 53.4 Å². The lowest BCUT2D eigenvalue weighted by atomic mass is 10.3. The van der Waals surface area contributed by atoms with Crippen LogP contribution in [-0.2, 0) is 11.3 Å². The Bertz CT molecular complexity index is 575. The summed E-state index contributed by atoms with van der Waals surface area (Å²) in [5.41, 5.74) is 1.45. The summed E-state index contributed by atoms with van der Waals surface area (Å²) in [4.78, 5) is 16.0. The van der Waals surface area contributed by atoms with Crippen molar-refractivity contribution in [2.75, 3.05) is 13.7 Å². The molecule has 0 saturated carbocycles. The van der Waals surface area contributed by atoms with Crippen molar-refractivity contribution in [3.8, 4) is 5.88 Å². The van der Waals surface area contributed by atoms with Crippen molar-refractivity contribution in [3.05, 3.63) is 24.0 Å². The Morgan fingerprint density at radius 3 is 2.78 bits per heavy atom. The van der Waals surface area contributed by atoms with Gasteiger partial charge in [-0.3, -0.25) is 0 Å². The molecule has 0 atom stereocenters. The van der Waals surface area contributed by atoms with E-state index >= 15 is 0 Å². The third-order valence-corrected chi connectivity index (χ3v) is 2.77. The fraction of sp³-hybridized carbons (Fsp3) is 0.385. The summed E-state index contributed by atoms with van der Waals surface area (Å²) in [7, 11) is 1.57. The molecule has 0 fully saturated rings. The number of carbonyl (C=O) groups is 1. The molecule has 0 radical (unpaired) electrons. The van der Waals surface area contributed by atoms with Gasteiger partial charge in [0.05, 0.1) is 25.4 Å². The average Bonchev–Trinajstić information content (AvgIpc) is 2.76. The Morgan fingerprint density at radius 2 is 2.17 bits per heavy atom. The molecule has 0 aliphatic rings. The lowest BCUT2D eigenvalue weighted by Crippen LogP contribution is -2.11. The van der Waals surface area contributed by atoms with Gasteiger partial charge in [0.1, 0.15) is 5.69 Å². The van der Waals surface area contributed by atoms with Crippen LogP contribution in [0.25, 0.3) is 10.9 Å². The minimum Gasteiger partial charge on any atom is -0.481 e. The van der Waals surface area contributed by atoms with Crippen LogP contribution in [0.3, 0.4) is 0 Å². The first-order chi connectivity index (χ1) is 8.71. The Kier molecular flexibility index (Phi) is 3.50.